The number of ether oxygens (including phenoxy) is 1. The van der Waals surface area contributed by atoms with Gasteiger partial charge in [-0.05, 0) is 43.0 Å². The van der Waals surface area contributed by atoms with Crippen molar-refractivity contribution >= 4 is 22.9 Å². The molecule has 0 aliphatic rings. The molecule has 0 bridgehead atoms. The molecule has 4 nitrogen and oxygen atoms in total. The number of nitrogens with two attached hydrogens (primary N) is 1. The van der Waals surface area contributed by atoms with Gasteiger partial charge in [-0.1, -0.05) is 6.07 Å². The summed E-state index contributed by atoms with van der Waals surface area (Å²) < 4.78 is 5.29. The van der Waals surface area contributed by atoms with E-state index in [1.54, 1.807) is 17.4 Å². The van der Waals surface area contributed by atoms with Crippen LogP contribution >= 0.6 is 11.3 Å². The summed E-state index contributed by atoms with van der Waals surface area (Å²) in [6, 6.07) is 9.85. The first-order valence-electron chi connectivity index (χ1n) is 6.38. The van der Waals surface area contributed by atoms with Gasteiger partial charge >= 0.3 is 0 Å². The highest BCUT2D eigenvalue weighted by atomic mass is 32.1. The van der Waals surface area contributed by atoms with E-state index >= 15 is 0 Å². The molecule has 20 heavy (non-hydrogen) atoms. The summed E-state index contributed by atoms with van der Waals surface area (Å²) in [6.45, 7) is 4.12. The standard InChI is InChI=1S/C15H18N2O2S/c1-10-6-7-20-15(10)11(2)17-12-4-3-5-13(8-12)19-9-14(16)18/h3-8,11,17H,9H2,1-2H3,(H2,16,18). The number of hydrogen-bond donors (Lipinski definition) is 2. The molecule has 2 rings (SSSR count). The van der Waals surface area contributed by atoms with Gasteiger partial charge in [-0.3, -0.25) is 4.79 Å². The van der Waals surface area contributed by atoms with E-state index in [1.165, 1.54) is 10.4 Å². The van der Waals surface area contributed by atoms with Crippen LogP contribution in [0.5, 0.6) is 5.75 Å². The molecule has 0 fully saturated rings. The minimum atomic E-state index is -0.481. The number of nitrogens with one attached hydrogen (secondary N) is 1. The van der Waals surface area contributed by atoms with Gasteiger partial charge in [0, 0.05) is 16.6 Å². The molecule has 1 aromatic heterocycles. The van der Waals surface area contributed by atoms with Gasteiger partial charge in [0.15, 0.2) is 6.61 Å². The first-order valence-corrected chi connectivity index (χ1v) is 7.26. The van der Waals surface area contributed by atoms with E-state index in [1.807, 2.05) is 18.2 Å². The second kappa shape index (κ2) is 6.43. The number of aryl methyl sites for hydroxylation is 1. The number of hydrogen-bond acceptors (Lipinski definition) is 4. The zero-order valence-electron chi connectivity index (χ0n) is 11.6. The molecule has 0 spiro atoms. The van der Waals surface area contributed by atoms with Crippen LogP contribution in [0, 0.1) is 6.92 Å². The molecule has 1 unspecified atom stereocenters. The van der Waals surface area contributed by atoms with Crippen LogP contribution in [0.3, 0.4) is 0 Å². The monoisotopic (exact) mass is 290 g/mol. The third kappa shape index (κ3) is 3.74. The minimum Gasteiger partial charge on any atom is -0.484 e. The molecule has 1 amide bonds. The van der Waals surface area contributed by atoms with Crippen molar-refractivity contribution < 1.29 is 9.53 Å². The quantitative estimate of drug-likeness (QED) is 0.859. The summed E-state index contributed by atoms with van der Waals surface area (Å²) in [6.07, 6.45) is 0. The second-order valence-corrected chi connectivity index (χ2v) is 5.56. The van der Waals surface area contributed by atoms with Gasteiger partial charge in [-0.25, -0.2) is 0 Å². The first-order chi connectivity index (χ1) is 9.56. The predicted molar refractivity (Wildman–Crippen MR) is 82.2 cm³/mol. The van der Waals surface area contributed by atoms with Crippen LogP contribution in [0.1, 0.15) is 23.4 Å². The molecule has 5 heteroatoms. The lowest BCUT2D eigenvalue weighted by Gasteiger charge is -2.15. The van der Waals surface area contributed by atoms with Crippen LogP contribution in [0.4, 0.5) is 5.69 Å². The summed E-state index contributed by atoms with van der Waals surface area (Å²) in [4.78, 5) is 12.0. The normalized spacial score (nSPS) is 11.9. The van der Waals surface area contributed by atoms with Crippen LogP contribution in [0.2, 0.25) is 0 Å². The summed E-state index contributed by atoms with van der Waals surface area (Å²) in [5, 5.41) is 5.52. The number of carbonyl (C=O) groups excluding carboxylic acids is 1. The van der Waals surface area contributed by atoms with E-state index in [-0.39, 0.29) is 12.6 Å². The van der Waals surface area contributed by atoms with Crippen LogP contribution < -0.4 is 15.8 Å². The Hall–Kier alpha value is -2.01. The van der Waals surface area contributed by atoms with Crippen LogP contribution in [-0.4, -0.2) is 12.5 Å². The summed E-state index contributed by atoms with van der Waals surface area (Å²) in [5.74, 6) is 0.148. The van der Waals surface area contributed by atoms with E-state index in [0.717, 1.165) is 5.69 Å². The fourth-order valence-electron chi connectivity index (χ4n) is 1.97. The average molecular weight is 290 g/mol. The summed E-state index contributed by atoms with van der Waals surface area (Å²) in [7, 11) is 0. The lowest BCUT2D eigenvalue weighted by Crippen LogP contribution is -2.20. The topological polar surface area (TPSA) is 64.3 Å². The Morgan fingerprint density at radius 2 is 2.25 bits per heavy atom. The summed E-state index contributed by atoms with van der Waals surface area (Å²) >= 11 is 1.74. The van der Waals surface area contributed by atoms with Crippen molar-refractivity contribution in [2.45, 2.75) is 19.9 Å². The van der Waals surface area contributed by atoms with Crippen LogP contribution in [0.25, 0.3) is 0 Å². The molecule has 2 aromatic rings. The number of carbonyl (C=O) groups is 1. The average Bonchev–Trinajstić information content (AvgIpc) is 2.83. The van der Waals surface area contributed by atoms with Gasteiger partial charge in [0.2, 0.25) is 0 Å². The van der Waals surface area contributed by atoms with Gasteiger partial charge in [-0.15, -0.1) is 11.3 Å². The van der Waals surface area contributed by atoms with Gasteiger partial charge in [0.05, 0.1) is 6.04 Å². The van der Waals surface area contributed by atoms with Crippen molar-refractivity contribution in [1.82, 2.24) is 0 Å². The van der Waals surface area contributed by atoms with E-state index < -0.39 is 5.91 Å². The lowest BCUT2D eigenvalue weighted by atomic mass is 10.2. The molecule has 1 atom stereocenters. The zero-order chi connectivity index (χ0) is 14.5. The van der Waals surface area contributed by atoms with Crippen molar-refractivity contribution in [3.05, 3.63) is 46.2 Å². The Balaban J connectivity index is 2.04. The molecule has 0 aliphatic heterocycles. The molecule has 0 radical (unpaired) electrons. The number of thiophene rings is 1. The van der Waals surface area contributed by atoms with Gasteiger partial charge in [-0.2, -0.15) is 0 Å². The van der Waals surface area contributed by atoms with Crippen LogP contribution in [0.15, 0.2) is 35.7 Å². The van der Waals surface area contributed by atoms with E-state index in [2.05, 4.69) is 30.6 Å². The van der Waals surface area contributed by atoms with E-state index in [0.29, 0.717) is 5.75 Å². The number of primary amides is 1. The van der Waals surface area contributed by atoms with E-state index in [4.69, 9.17) is 10.5 Å². The maximum atomic E-state index is 10.7. The summed E-state index contributed by atoms with van der Waals surface area (Å²) in [5.41, 5.74) is 7.30. The van der Waals surface area contributed by atoms with Crippen molar-refractivity contribution in [2.75, 3.05) is 11.9 Å². The predicted octanol–water partition coefficient (Wildman–Crippen LogP) is 3.09. The van der Waals surface area contributed by atoms with Crippen molar-refractivity contribution in [1.29, 1.82) is 0 Å². The van der Waals surface area contributed by atoms with Gasteiger partial charge < -0.3 is 15.8 Å². The number of benzene rings is 1. The first kappa shape index (κ1) is 14.4. The fourth-order valence-corrected chi connectivity index (χ4v) is 2.91. The Bertz CT molecular complexity index is 595. The molecular formula is C15H18N2O2S. The van der Waals surface area contributed by atoms with Crippen molar-refractivity contribution in [2.24, 2.45) is 5.73 Å². The lowest BCUT2D eigenvalue weighted by molar-refractivity contribution is -0.119. The highest BCUT2D eigenvalue weighted by Gasteiger charge is 2.10. The Morgan fingerprint density at radius 3 is 2.90 bits per heavy atom. The van der Waals surface area contributed by atoms with Crippen molar-refractivity contribution in [3.8, 4) is 5.75 Å². The maximum absolute atomic E-state index is 10.7. The fraction of sp³-hybridized carbons (Fsp3) is 0.267. The molecule has 3 N–H and O–H groups in total. The molecule has 0 saturated heterocycles. The molecule has 0 saturated carbocycles. The third-order valence-electron chi connectivity index (χ3n) is 2.89. The highest BCUT2D eigenvalue weighted by Crippen LogP contribution is 2.28. The third-order valence-corrected chi connectivity index (χ3v) is 4.09. The zero-order valence-corrected chi connectivity index (χ0v) is 12.4. The maximum Gasteiger partial charge on any atom is 0.255 e. The van der Waals surface area contributed by atoms with E-state index in [9.17, 15) is 4.79 Å². The van der Waals surface area contributed by atoms with Crippen molar-refractivity contribution in [3.63, 3.8) is 0 Å². The highest BCUT2D eigenvalue weighted by molar-refractivity contribution is 7.10. The van der Waals surface area contributed by atoms with Crippen LogP contribution in [-0.2, 0) is 4.79 Å². The Labute approximate surface area is 122 Å². The molecule has 1 aromatic carbocycles. The molecule has 0 aliphatic carbocycles. The Kier molecular flexibility index (Phi) is 4.63. The largest absolute Gasteiger partial charge is 0.484 e. The number of rotatable bonds is 6. The SMILES string of the molecule is Cc1ccsc1C(C)Nc1cccc(OCC(N)=O)c1. The van der Waals surface area contributed by atoms with Gasteiger partial charge in [0.25, 0.3) is 5.91 Å². The Morgan fingerprint density at radius 1 is 1.45 bits per heavy atom. The second-order valence-electron chi connectivity index (χ2n) is 4.62. The molecule has 106 valence electrons. The number of anilines is 1. The van der Waals surface area contributed by atoms with Gasteiger partial charge in [0.1, 0.15) is 5.75 Å². The molecule has 1 heterocycles. The molecular weight excluding hydrogens is 272 g/mol. The number of amides is 1. The minimum absolute atomic E-state index is 0.108. The smallest absolute Gasteiger partial charge is 0.255 e.